The van der Waals surface area contributed by atoms with Gasteiger partial charge >= 0.3 is 0 Å². The number of thioether (sulfide) groups is 1. The first kappa shape index (κ1) is 12.4. The Morgan fingerprint density at radius 2 is 2.29 bits per heavy atom. The molecule has 0 aliphatic heterocycles. The minimum atomic E-state index is -0.137. The van der Waals surface area contributed by atoms with E-state index in [1.165, 1.54) is 24.6 Å². The van der Waals surface area contributed by atoms with Crippen LogP contribution < -0.4 is 5.32 Å². The molecule has 1 amide bonds. The van der Waals surface area contributed by atoms with Crippen LogP contribution in [0.5, 0.6) is 0 Å². The Bertz CT molecular complexity index is 414. The summed E-state index contributed by atoms with van der Waals surface area (Å²) in [6, 6.07) is 0. The predicted molar refractivity (Wildman–Crippen MR) is 67.1 cm³/mol. The molecule has 0 spiro atoms. The van der Waals surface area contributed by atoms with Gasteiger partial charge in [0.1, 0.15) is 5.82 Å². The number of hydrogen-bond donors (Lipinski definition) is 1. The van der Waals surface area contributed by atoms with Crippen molar-refractivity contribution in [2.45, 2.75) is 49.6 Å². The van der Waals surface area contributed by atoms with Gasteiger partial charge in [-0.1, -0.05) is 11.8 Å². The van der Waals surface area contributed by atoms with E-state index in [1.807, 2.05) is 6.92 Å². The van der Waals surface area contributed by atoms with Gasteiger partial charge in [0.25, 0.3) is 0 Å². The Hall–Kier alpha value is -1.04. The summed E-state index contributed by atoms with van der Waals surface area (Å²) in [4.78, 5) is 11.5. The van der Waals surface area contributed by atoms with Crippen LogP contribution >= 0.6 is 11.8 Å². The lowest BCUT2D eigenvalue weighted by Gasteiger charge is -2.10. The fraction of sp³-hybridized carbons (Fsp3) is 0.727. The molecule has 1 fully saturated rings. The maximum atomic E-state index is 11.5. The molecular formula is C11H18N4OS. The Morgan fingerprint density at radius 1 is 1.59 bits per heavy atom. The average molecular weight is 254 g/mol. The highest BCUT2D eigenvalue weighted by atomic mass is 32.2. The van der Waals surface area contributed by atoms with Gasteiger partial charge in [-0.25, -0.2) is 0 Å². The third kappa shape index (κ3) is 2.62. The van der Waals surface area contributed by atoms with Gasteiger partial charge < -0.3 is 9.88 Å². The molecule has 0 aromatic carbocycles. The quantitative estimate of drug-likeness (QED) is 0.807. The van der Waals surface area contributed by atoms with Crippen LogP contribution in [-0.2, 0) is 11.3 Å². The third-order valence-electron chi connectivity index (χ3n) is 2.90. The van der Waals surface area contributed by atoms with Gasteiger partial charge in [0.05, 0.1) is 5.25 Å². The lowest BCUT2D eigenvalue weighted by molar-refractivity contribution is -0.119. The lowest BCUT2D eigenvalue weighted by Crippen LogP contribution is -2.27. The summed E-state index contributed by atoms with van der Waals surface area (Å²) in [7, 11) is 1.65. The van der Waals surface area contributed by atoms with E-state index in [4.69, 9.17) is 0 Å². The highest BCUT2D eigenvalue weighted by molar-refractivity contribution is 8.00. The fourth-order valence-electron chi connectivity index (χ4n) is 1.74. The van der Waals surface area contributed by atoms with Crippen molar-refractivity contribution in [1.82, 2.24) is 20.1 Å². The number of aromatic nitrogens is 3. The van der Waals surface area contributed by atoms with E-state index in [-0.39, 0.29) is 11.2 Å². The smallest absolute Gasteiger partial charge is 0.233 e. The number of nitrogens with one attached hydrogen (secondary N) is 1. The van der Waals surface area contributed by atoms with Crippen molar-refractivity contribution >= 4 is 17.7 Å². The van der Waals surface area contributed by atoms with Crippen molar-refractivity contribution in [1.29, 1.82) is 0 Å². The molecule has 1 saturated carbocycles. The summed E-state index contributed by atoms with van der Waals surface area (Å²) >= 11 is 1.47. The van der Waals surface area contributed by atoms with Gasteiger partial charge in [0.15, 0.2) is 5.16 Å². The van der Waals surface area contributed by atoms with Gasteiger partial charge in [0, 0.05) is 19.5 Å². The number of hydrogen-bond acceptors (Lipinski definition) is 4. The first-order valence-electron chi connectivity index (χ1n) is 5.98. The van der Waals surface area contributed by atoms with E-state index in [0.29, 0.717) is 5.92 Å². The Labute approximate surface area is 105 Å². The fourth-order valence-corrected chi connectivity index (χ4v) is 2.72. The third-order valence-corrected chi connectivity index (χ3v) is 3.98. The SMILES string of the molecule is CCn1c(S[C@@H](C)C(=O)NC)nnc1C1CC1. The second kappa shape index (κ2) is 5.08. The van der Waals surface area contributed by atoms with Crippen molar-refractivity contribution in [3.8, 4) is 0 Å². The zero-order valence-corrected chi connectivity index (χ0v) is 11.3. The summed E-state index contributed by atoms with van der Waals surface area (Å²) in [5.74, 6) is 1.69. The monoisotopic (exact) mass is 254 g/mol. The zero-order valence-electron chi connectivity index (χ0n) is 10.4. The van der Waals surface area contributed by atoms with Gasteiger partial charge in [-0.3, -0.25) is 4.79 Å². The van der Waals surface area contributed by atoms with E-state index in [2.05, 4.69) is 27.0 Å². The number of nitrogens with zero attached hydrogens (tertiary/aromatic N) is 3. The van der Waals surface area contributed by atoms with Crippen LogP contribution in [0.3, 0.4) is 0 Å². The first-order valence-corrected chi connectivity index (χ1v) is 6.86. The minimum Gasteiger partial charge on any atom is -0.358 e. The molecule has 1 aliphatic rings. The van der Waals surface area contributed by atoms with E-state index >= 15 is 0 Å². The number of amides is 1. The molecule has 5 nitrogen and oxygen atoms in total. The highest BCUT2D eigenvalue weighted by Gasteiger charge is 2.30. The second-order valence-corrected chi connectivity index (χ2v) is 5.54. The maximum absolute atomic E-state index is 11.5. The van der Waals surface area contributed by atoms with Crippen LogP contribution in [0.2, 0.25) is 0 Å². The number of carbonyl (C=O) groups excluding carboxylic acids is 1. The molecule has 94 valence electrons. The van der Waals surface area contributed by atoms with Crippen molar-refractivity contribution in [2.24, 2.45) is 0 Å². The molecule has 1 atom stereocenters. The van der Waals surface area contributed by atoms with Crippen LogP contribution in [-0.4, -0.2) is 33.0 Å². The molecule has 1 N–H and O–H groups in total. The summed E-state index contributed by atoms with van der Waals surface area (Å²) < 4.78 is 2.13. The molecule has 1 aliphatic carbocycles. The largest absolute Gasteiger partial charge is 0.358 e. The lowest BCUT2D eigenvalue weighted by atomic mass is 10.4. The molecule has 6 heteroatoms. The standard InChI is InChI=1S/C11H18N4OS/c1-4-15-9(8-5-6-8)13-14-11(15)17-7(2)10(16)12-3/h7-8H,4-6H2,1-3H3,(H,12,16)/t7-/m0/s1. The maximum Gasteiger partial charge on any atom is 0.233 e. The Kier molecular flexibility index (Phi) is 3.71. The molecule has 17 heavy (non-hydrogen) atoms. The van der Waals surface area contributed by atoms with E-state index in [0.717, 1.165) is 17.5 Å². The van der Waals surface area contributed by atoms with Crippen molar-refractivity contribution in [3.63, 3.8) is 0 Å². The van der Waals surface area contributed by atoms with Gasteiger partial charge in [-0.2, -0.15) is 0 Å². The van der Waals surface area contributed by atoms with E-state index in [1.54, 1.807) is 7.05 Å². The summed E-state index contributed by atoms with van der Waals surface area (Å²) in [5, 5.41) is 11.8. The number of carbonyl (C=O) groups is 1. The molecule has 0 unspecified atom stereocenters. The van der Waals surface area contributed by atoms with Gasteiger partial charge in [-0.15, -0.1) is 10.2 Å². The zero-order chi connectivity index (χ0) is 12.4. The van der Waals surface area contributed by atoms with Crippen LogP contribution in [0.4, 0.5) is 0 Å². The summed E-state index contributed by atoms with van der Waals surface area (Å²) in [6.07, 6.45) is 2.43. The van der Waals surface area contributed by atoms with Crippen LogP contribution in [0, 0.1) is 0 Å². The molecule has 0 radical (unpaired) electrons. The van der Waals surface area contributed by atoms with Crippen LogP contribution in [0.25, 0.3) is 0 Å². The molecule has 1 heterocycles. The molecule has 0 bridgehead atoms. The normalized spacial score (nSPS) is 16.9. The highest BCUT2D eigenvalue weighted by Crippen LogP contribution is 2.40. The molecular weight excluding hydrogens is 236 g/mol. The predicted octanol–water partition coefficient (Wildman–Crippen LogP) is 1.40. The minimum absolute atomic E-state index is 0.0219. The van der Waals surface area contributed by atoms with Gasteiger partial charge in [-0.05, 0) is 26.7 Å². The van der Waals surface area contributed by atoms with Gasteiger partial charge in [0.2, 0.25) is 5.91 Å². The van der Waals surface area contributed by atoms with Crippen molar-refractivity contribution in [3.05, 3.63) is 5.82 Å². The topological polar surface area (TPSA) is 59.8 Å². The molecule has 2 rings (SSSR count). The Balaban J connectivity index is 2.12. The number of rotatable bonds is 5. The molecule has 0 saturated heterocycles. The van der Waals surface area contributed by atoms with E-state index in [9.17, 15) is 4.79 Å². The van der Waals surface area contributed by atoms with Crippen LogP contribution in [0.1, 0.15) is 38.4 Å². The summed E-state index contributed by atoms with van der Waals surface area (Å²) in [6.45, 7) is 4.83. The molecule has 1 aromatic heterocycles. The summed E-state index contributed by atoms with van der Waals surface area (Å²) in [5.41, 5.74) is 0. The van der Waals surface area contributed by atoms with Crippen molar-refractivity contribution < 1.29 is 4.79 Å². The first-order chi connectivity index (χ1) is 8.17. The Morgan fingerprint density at radius 3 is 2.82 bits per heavy atom. The van der Waals surface area contributed by atoms with Crippen LogP contribution in [0.15, 0.2) is 5.16 Å². The van der Waals surface area contributed by atoms with E-state index < -0.39 is 0 Å². The average Bonchev–Trinajstić information content (AvgIpc) is 3.10. The van der Waals surface area contributed by atoms with Crippen molar-refractivity contribution in [2.75, 3.05) is 7.05 Å². The molecule has 1 aromatic rings. The second-order valence-electron chi connectivity index (χ2n) is 4.23.